The van der Waals surface area contributed by atoms with Crippen molar-refractivity contribution in [2.45, 2.75) is 19.0 Å². The minimum atomic E-state index is 0.173. The van der Waals surface area contributed by atoms with Gasteiger partial charge in [0, 0.05) is 39.0 Å². The van der Waals surface area contributed by atoms with Gasteiger partial charge in [-0.05, 0) is 23.6 Å². The number of benzene rings is 2. The van der Waals surface area contributed by atoms with E-state index in [1.807, 2.05) is 18.2 Å². The van der Waals surface area contributed by atoms with Crippen LogP contribution in [0.3, 0.4) is 0 Å². The van der Waals surface area contributed by atoms with E-state index in [0.29, 0.717) is 6.42 Å². The highest BCUT2D eigenvalue weighted by molar-refractivity contribution is 5.52. The molecule has 3 nitrogen and oxygen atoms in total. The average Bonchev–Trinajstić information content (AvgIpc) is 2.52. The first-order valence-corrected chi connectivity index (χ1v) is 7.37. The molecule has 0 aromatic heterocycles. The molecule has 0 bridgehead atoms. The zero-order valence-corrected chi connectivity index (χ0v) is 12.8. The van der Waals surface area contributed by atoms with Gasteiger partial charge in [-0.1, -0.05) is 48.5 Å². The van der Waals surface area contributed by atoms with E-state index in [2.05, 4.69) is 60.7 Å². The van der Waals surface area contributed by atoms with Crippen molar-refractivity contribution in [1.82, 2.24) is 5.32 Å². The number of hydrogen-bond acceptors (Lipinski definition) is 3. The number of aliphatic hydroxyl groups excluding tert-OH is 1. The number of hydrogen-bond donors (Lipinski definition) is 2. The predicted molar refractivity (Wildman–Crippen MR) is 88.5 cm³/mol. The topological polar surface area (TPSA) is 35.5 Å². The first-order valence-electron chi connectivity index (χ1n) is 7.37. The maximum atomic E-state index is 9.29. The van der Waals surface area contributed by atoms with Gasteiger partial charge in [0.25, 0.3) is 0 Å². The molecule has 0 saturated heterocycles. The number of para-hydroxylation sites is 1. The molecule has 0 heterocycles. The summed E-state index contributed by atoms with van der Waals surface area (Å²) in [6, 6.07) is 18.9. The third-order valence-electron chi connectivity index (χ3n) is 3.63. The van der Waals surface area contributed by atoms with Crippen LogP contribution in [0.5, 0.6) is 0 Å². The fourth-order valence-electron chi connectivity index (χ4n) is 2.53. The van der Waals surface area contributed by atoms with Crippen LogP contribution in [-0.2, 0) is 6.54 Å². The van der Waals surface area contributed by atoms with Crippen molar-refractivity contribution in [2.75, 3.05) is 25.6 Å². The van der Waals surface area contributed by atoms with Gasteiger partial charge in [-0.25, -0.2) is 0 Å². The van der Waals surface area contributed by atoms with Gasteiger partial charge in [-0.2, -0.15) is 0 Å². The van der Waals surface area contributed by atoms with Crippen LogP contribution >= 0.6 is 0 Å². The van der Waals surface area contributed by atoms with E-state index >= 15 is 0 Å². The Morgan fingerprint density at radius 1 is 1.00 bits per heavy atom. The first kappa shape index (κ1) is 15.5. The molecular weight excluding hydrogens is 260 g/mol. The smallest absolute Gasteiger partial charge is 0.0449 e. The Kier molecular flexibility index (Phi) is 5.78. The standard InChI is InChI=1S/C18H24N2O/c1-20(2)18-11-7-6-10-16(18)14-19-17(12-13-21)15-8-4-3-5-9-15/h3-11,17,19,21H,12-14H2,1-2H3. The van der Waals surface area contributed by atoms with Crippen molar-refractivity contribution in [3.8, 4) is 0 Å². The van der Waals surface area contributed by atoms with Crippen LogP contribution in [0.4, 0.5) is 5.69 Å². The molecule has 3 heteroatoms. The summed E-state index contributed by atoms with van der Waals surface area (Å²) in [6.45, 7) is 0.968. The fraction of sp³-hybridized carbons (Fsp3) is 0.333. The number of rotatable bonds is 7. The minimum Gasteiger partial charge on any atom is -0.396 e. The van der Waals surface area contributed by atoms with Crippen LogP contribution in [0, 0.1) is 0 Å². The average molecular weight is 284 g/mol. The Balaban J connectivity index is 2.09. The second-order valence-corrected chi connectivity index (χ2v) is 5.38. The lowest BCUT2D eigenvalue weighted by molar-refractivity contribution is 0.265. The molecule has 0 amide bonds. The highest BCUT2D eigenvalue weighted by Gasteiger charge is 2.11. The minimum absolute atomic E-state index is 0.173. The van der Waals surface area contributed by atoms with Crippen LogP contribution in [0.15, 0.2) is 54.6 Å². The van der Waals surface area contributed by atoms with Crippen LogP contribution < -0.4 is 10.2 Å². The molecule has 112 valence electrons. The van der Waals surface area contributed by atoms with Gasteiger partial charge in [0.15, 0.2) is 0 Å². The zero-order chi connectivity index (χ0) is 15.1. The van der Waals surface area contributed by atoms with Crippen molar-refractivity contribution in [2.24, 2.45) is 0 Å². The van der Waals surface area contributed by atoms with Gasteiger partial charge in [0.1, 0.15) is 0 Å². The number of anilines is 1. The number of nitrogens with one attached hydrogen (secondary N) is 1. The lowest BCUT2D eigenvalue weighted by Crippen LogP contribution is -2.23. The lowest BCUT2D eigenvalue weighted by atomic mass is 10.0. The van der Waals surface area contributed by atoms with E-state index < -0.39 is 0 Å². The number of aliphatic hydroxyl groups is 1. The summed E-state index contributed by atoms with van der Waals surface area (Å²) in [4.78, 5) is 2.13. The highest BCUT2D eigenvalue weighted by atomic mass is 16.3. The van der Waals surface area contributed by atoms with Crippen LogP contribution in [0.2, 0.25) is 0 Å². The maximum absolute atomic E-state index is 9.29. The SMILES string of the molecule is CN(C)c1ccccc1CNC(CCO)c1ccccc1. The van der Waals surface area contributed by atoms with Gasteiger partial charge < -0.3 is 15.3 Å². The Morgan fingerprint density at radius 3 is 2.33 bits per heavy atom. The Bertz CT molecular complexity index is 540. The molecular formula is C18H24N2O. The second kappa shape index (κ2) is 7.81. The van der Waals surface area contributed by atoms with Crippen LogP contribution in [0.1, 0.15) is 23.6 Å². The molecule has 2 aromatic rings. The molecule has 0 saturated carbocycles. The Hall–Kier alpha value is -1.84. The van der Waals surface area contributed by atoms with E-state index in [0.717, 1.165) is 6.54 Å². The normalized spacial score (nSPS) is 12.1. The van der Waals surface area contributed by atoms with E-state index in [-0.39, 0.29) is 12.6 Å². The van der Waals surface area contributed by atoms with Crippen LogP contribution in [0.25, 0.3) is 0 Å². The van der Waals surface area contributed by atoms with E-state index in [9.17, 15) is 5.11 Å². The van der Waals surface area contributed by atoms with Crippen LogP contribution in [-0.4, -0.2) is 25.8 Å². The molecule has 1 unspecified atom stereocenters. The predicted octanol–water partition coefficient (Wildman–Crippen LogP) is 2.97. The van der Waals surface area contributed by atoms with E-state index in [1.54, 1.807) is 0 Å². The summed E-state index contributed by atoms with van der Waals surface area (Å²) >= 11 is 0. The largest absolute Gasteiger partial charge is 0.396 e. The van der Waals surface area contributed by atoms with Gasteiger partial charge in [0.2, 0.25) is 0 Å². The van der Waals surface area contributed by atoms with Gasteiger partial charge >= 0.3 is 0 Å². The molecule has 1 atom stereocenters. The second-order valence-electron chi connectivity index (χ2n) is 5.38. The van der Waals surface area contributed by atoms with E-state index in [1.165, 1.54) is 16.8 Å². The maximum Gasteiger partial charge on any atom is 0.0449 e. The molecule has 0 aliphatic heterocycles. The van der Waals surface area contributed by atoms with E-state index in [4.69, 9.17) is 0 Å². The summed E-state index contributed by atoms with van der Waals surface area (Å²) in [6.07, 6.45) is 0.716. The summed E-state index contributed by atoms with van der Waals surface area (Å²) in [5.41, 5.74) is 3.70. The third kappa shape index (κ3) is 4.31. The molecule has 0 fully saturated rings. The number of nitrogens with zero attached hydrogens (tertiary/aromatic N) is 1. The van der Waals surface area contributed by atoms with Crippen molar-refractivity contribution in [3.05, 3.63) is 65.7 Å². The van der Waals surface area contributed by atoms with Gasteiger partial charge in [-0.3, -0.25) is 0 Å². The molecule has 2 N–H and O–H groups in total. The molecule has 0 spiro atoms. The lowest BCUT2D eigenvalue weighted by Gasteiger charge is -2.21. The van der Waals surface area contributed by atoms with Crippen molar-refractivity contribution < 1.29 is 5.11 Å². The van der Waals surface area contributed by atoms with Crippen molar-refractivity contribution in [3.63, 3.8) is 0 Å². The quantitative estimate of drug-likeness (QED) is 0.820. The Morgan fingerprint density at radius 2 is 1.67 bits per heavy atom. The third-order valence-corrected chi connectivity index (χ3v) is 3.63. The first-order chi connectivity index (χ1) is 10.2. The van der Waals surface area contributed by atoms with Crippen molar-refractivity contribution >= 4 is 5.69 Å². The van der Waals surface area contributed by atoms with Gasteiger partial charge in [0.05, 0.1) is 0 Å². The monoisotopic (exact) mass is 284 g/mol. The molecule has 0 aliphatic carbocycles. The molecule has 0 radical (unpaired) electrons. The summed E-state index contributed by atoms with van der Waals surface area (Å²) < 4.78 is 0. The Labute approximate surface area is 127 Å². The summed E-state index contributed by atoms with van der Waals surface area (Å²) in [5, 5.41) is 12.9. The molecule has 21 heavy (non-hydrogen) atoms. The van der Waals surface area contributed by atoms with Gasteiger partial charge in [-0.15, -0.1) is 0 Å². The van der Waals surface area contributed by atoms with Crippen molar-refractivity contribution in [1.29, 1.82) is 0 Å². The fourth-order valence-corrected chi connectivity index (χ4v) is 2.53. The molecule has 2 rings (SSSR count). The summed E-state index contributed by atoms with van der Waals surface area (Å²) in [5.74, 6) is 0. The zero-order valence-electron chi connectivity index (χ0n) is 12.8. The molecule has 2 aromatic carbocycles. The molecule has 0 aliphatic rings. The highest BCUT2D eigenvalue weighted by Crippen LogP contribution is 2.21. The summed E-state index contributed by atoms with van der Waals surface area (Å²) in [7, 11) is 4.11.